The third-order valence-electron chi connectivity index (χ3n) is 2.79. The molecule has 1 N–H and O–H groups in total. The van der Waals surface area contributed by atoms with E-state index in [-0.39, 0.29) is 5.91 Å². The molecule has 0 fully saturated rings. The van der Waals surface area contributed by atoms with E-state index in [0.29, 0.717) is 6.54 Å². The molecule has 1 aliphatic rings. The second-order valence-electron chi connectivity index (χ2n) is 4.19. The van der Waals surface area contributed by atoms with Crippen molar-refractivity contribution < 1.29 is 4.79 Å². The summed E-state index contributed by atoms with van der Waals surface area (Å²) in [6, 6.07) is 7.66. The number of para-hydroxylation sites is 1. The highest BCUT2D eigenvalue weighted by molar-refractivity contribution is 6.00. The van der Waals surface area contributed by atoms with Crippen molar-refractivity contribution in [1.82, 2.24) is 5.32 Å². The third kappa shape index (κ3) is 3.77. The Hall–Kier alpha value is -1.51. The van der Waals surface area contributed by atoms with E-state index in [1.807, 2.05) is 31.3 Å². The van der Waals surface area contributed by atoms with Crippen LogP contribution in [0.1, 0.15) is 37.0 Å². The lowest BCUT2D eigenvalue weighted by molar-refractivity contribution is 0.0958. The van der Waals surface area contributed by atoms with Gasteiger partial charge in [-0.1, -0.05) is 38.8 Å². The summed E-state index contributed by atoms with van der Waals surface area (Å²) in [5.74, 6) is 0.0277. The fourth-order valence-corrected chi connectivity index (χ4v) is 1.55. The van der Waals surface area contributed by atoms with E-state index in [1.165, 1.54) is 12.8 Å². The highest BCUT2D eigenvalue weighted by Crippen LogP contribution is 2.19. The number of hydrogen-bond acceptors (Lipinski definition) is 2. The second kappa shape index (κ2) is 6.94. The van der Waals surface area contributed by atoms with Crippen LogP contribution in [0, 0.1) is 0 Å². The van der Waals surface area contributed by atoms with Gasteiger partial charge in [-0.15, -0.1) is 0 Å². The number of nitrogens with zero attached hydrogens (tertiary/aromatic N) is 1. The zero-order chi connectivity index (χ0) is 12.7. The Bertz CT molecular complexity index is 361. The molecular formula is C14H22N2O. The number of hydrogen-bond donors (Lipinski definition) is 1. The first-order valence-corrected chi connectivity index (χ1v) is 6.29. The lowest BCUT2D eigenvalue weighted by Gasteiger charge is -2.17. The molecule has 0 bridgehead atoms. The van der Waals surface area contributed by atoms with Crippen LogP contribution in [0.2, 0.25) is 0 Å². The predicted octanol–water partition coefficient (Wildman–Crippen LogP) is 2.67. The van der Waals surface area contributed by atoms with Gasteiger partial charge in [0.2, 0.25) is 0 Å². The molecule has 0 aliphatic carbocycles. The minimum atomic E-state index is 0.0277. The number of rotatable bonds is 1. The van der Waals surface area contributed by atoms with Crippen LogP contribution in [0.15, 0.2) is 24.3 Å². The number of benzene rings is 1. The summed E-state index contributed by atoms with van der Waals surface area (Å²) in [4.78, 5) is 13.6. The Morgan fingerprint density at radius 3 is 2.53 bits per heavy atom. The van der Waals surface area contributed by atoms with Gasteiger partial charge in [-0.05, 0) is 12.1 Å². The maximum absolute atomic E-state index is 11.5. The second-order valence-corrected chi connectivity index (χ2v) is 4.19. The largest absolute Gasteiger partial charge is 0.372 e. The van der Waals surface area contributed by atoms with E-state index < -0.39 is 0 Å². The Labute approximate surface area is 104 Å². The number of likely N-dealkylation sites (N-methyl/N-ethyl adjacent to an activating group) is 1. The zero-order valence-corrected chi connectivity index (χ0v) is 11.0. The van der Waals surface area contributed by atoms with Crippen LogP contribution >= 0.6 is 0 Å². The van der Waals surface area contributed by atoms with Gasteiger partial charge in [0.25, 0.3) is 5.91 Å². The minimum Gasteiger partial charge on any atom is -0.372 e. The van der Waals surface area contributed by atoms with Crippen LogP contribution in [0.4, 0.5) is 5.69 Å². The molecule has 1 heterocycles. The molecule has 2 rings (SSSR count). The van der Waals surface area contributed by atoms with Crippen LogP contribution < -0.4 is 10.2 Å². The van der Waals surface area contributed by atoms with Crippen LogP contribution in [0.3, 0.4) is 0 Å². The number of unbranched alkanes of at least 4 members (excludes halogenated alkanes) is 1. The fraction of sp³-hybridized carbons (Fsp3) is 0.500. The normalized spacial score (nSPS) is 14.1. The zero-order valence-electron chi connectivity index (χ0n) is 11.0. The smallest absolute Gasteiger partial charge is 0.253 e. The highest BCUT2D eigenvalue weighted by atomic mass is 16.1. The average molecular weight is 234 g/mol. The summed E-state index contributed by atoms with van der Waals surface area (Å²) < 4.78 is 0. The Morgan fingerprint density at radius 2 is 1.88 bits per heavy atom. The standard InChI is InChI=1S/C10H12N2O.C4H10/c1-12-7-6-11-10(13)8-4-2-3-5-9(8)12;1-3-4-2/h2-5H,6-7H2,1H3,(H,11,13);3-4H2,1-2H3. The Morgan fingerprint density at radius 1 is 1.24 bits per heavy atom. The van der Waals surface area contributed by atoms with E-state index in [1.54, 1.807) is 0 Å². The molecular weight excluding hydrogens is 212 g/mol. The molecule has 0 aromatic heterocycles. The van der Waals surface area contributed by atoms with E-state index in [4.69, 9.17) is 0 Å². The van der Waals surface area contributed by atoms with Crippen molar-refractivity contribution in [2.45, 2.75) is 26.7 Å². The lowest BCUT2D eigenvalue weighted by Crippen LogP contribution is -2.27. The monoisotopic (exact) mass is 234 g/mol. The lowest BCUT2D eigenvalue weighted by atomic mass is 10.1. The molecule has 0 unspecified atom stereocenters. The number of carbonyl (C=O) groups is 1. The molecule has 0 saturated heterocycles. The van der Waals surface area contributed by atoms with E-state index >= 15 is 0 Å². The molecule has 1 aliphatic heterocycles. The number of carbonyl (C=O) groups excluding carboxylic acids is 1. The van der Waals surface area contributed by atoms with Gasteiger partial charge in [0.15, 0.2) is 0 Å². The van der Waals surface area contributed by atoms with Gasteiger partial charge in [0.05, 0.1) is 5.56 Å². The Kier molecular flexibility index (Phi) is 5.53. The van der Waals surface area contributed by atoms with Crippen molar-refractivity contribution in [2.24, 2.45) is 0 Å². The van der Waals surface area contributed by atoms with Gasteiger partial charge < -0.3 is 10.2 Å². The van der Waals surface area contributed by atoms with Crippen LogP contribution in [0.5, 0.6) is 0 Å². The van der Waals surface area contributed by atoms with E-state index in [2.05, 4.69) is 24.1 Å². The topological polar surface area (TPSA) is 32.3 Å². The van der Waals surface area contributed by atoms with Crippen molar-refractivity contribution in [1.29, 1.82) is 0 Å². The first kappa shape index (κ1) is 13.6. The number of fused-ring (bicyclic) bond motifs is 1. The van der Waals surface area contributed by atoms with Gasteiger partial charge >= 0.3 is 0 Å². The maximum Gasteiger partial charge on any atom is 0.253 e. The first-order chi connectivity index (χ1) is 8.20. The van der Waals surface area contributed by atoms with Crippen LogP contribution in [-0.2, 0) is 0 Å². The Balaban J connectivity index is 0.000000317. The quantitative estimate of drug-likeness (QED) is 0.810. The van der Waals surface area contributed by atoms with Gasteiger partial charge in [-0.2, -0.15) is 0 Å². The van der Waals surface area contributed by atoms with Gasteiger partial charge in [0.1, 0.15) is 0 Å². The number of nitrogens with one attached hydrogen (secondary N) is 1. The third-order valence-corrected chi connectivity index (χ3v) is 2.79. The summed E-state index contributed by atoms with van der Waals surface area (Å²) in [6.45, 7) is 5.94. The van der Waals surface area contributed by atoms with Crippen molar-refractivity contribution in [3.05, 3.63) is 29.8 Å². The minimum absolute atomic E-state index is 0.0277. The van der Waals surface area contributed by atoms with Crippen molar-refractivity contribution in [3.63, 3.8) is 0 Å². The molecule has 1 amide bonds. The molecule has 3 heteroatoms. The van der Waals surface area contributed by atoms with Gasteiger partial charge in [0, 0.05) is 25.8 Å². The molecule has 0 atom stereocenters. The molecule has 3 nitrogen and oxygen atoms in total. The van der Waals surface area contributed by atoms with Gasteiger partial charge in [-0.25, -0.2) is 0 Å². The van der Waals surface area contributed by atoms with Crippen molar-refractivity contribution in [2.75, 3.05) is 25.0 Å². The maximum atomic E-state index is 11.5. The van der Waals surface area contributed by atoms with Gasteiger partial charge in [-0.3, -0.25) is 4.79 Å². The molecule has 1 aromatic carbocycles. The van der Waals surface area contributed by atoms with Crippen molar-refractivity contribution >= 4 is 11.6 Å². The molecule has 0 saturated carbocycles. The molecule has 17 heavy (non-hydrogen) atoms. The molecule has 0 spiro atoms. The summed E-state index contributed by atoms with van der Waals surface area (Å²) >= 11 is 0. The number of anilines is 1. The van der Waals surface area contributed by atoms with Crippen molar-refractivity contribution in [3.8, 4) is 0 Å². The van der Waals surface area contributed by atoms with Crippen LogP contribution in [0.25, 0.3) is 0 Å². The fourth-order valence-electron chi connectivity index (χ4n) is 1.55. The summed E-state index contributed by atoms with van der Waals surface area (Å²) in [6.07, 6.45) is 2.64. The SMILES string of the molecule is CCCC.CN1CCNC(=O)c2ccccc21. The summed E-state index contributed by atoms with van der Waals surface area (Å²) in [5.41, 5.74) is 1.78. The first-order valence-electron chi connectivity index (χ1n) is 6.29. The summed E-state index contributed by atoms with van der Waals surface area (Å²) in [5, 5.41) is 2.85. The van der Waals surface area contributed by atoms with E-state index in [0.717, 1.165) is 17.8 Å². The molecule has 0 radical (unpaired) electrons. The average Bonchev–Trinajstić information content (AvgIpc) is 2.51. The van der Waals surface area contributed by atoms with Crippen LogP contribution in [-0.4, -0.2) is 26.0 Å². The van der Waals surface area contributed by atoms with E-state index in [9.17, 15) is 4.79 Å². The predicted molar refractivity (Wildman–Crippen MR) is 72.6 cm³/mol. The number of amides is 1. The molecule has 94 valence electrons. The summed E-state index contributed by atoms with van der Waals surface area (Å²) in [7, 11) is 2.00. The highest BCUT2D eigenvalue weighted by Gasteiger charge is 2.16. The molecule has 1 aromatic rings.